The highest BCUT2D eigenvalue weighted by Crippen LogP contribution is 2.26. The quantitative estimate of drug-likeness (QED) is 0.807. The van der Waals surface area contributed by atoms with Gasteiger partial charge in [-0.2, -0.15) is 0 Å². The summed E-state index contributed by atoms with van der Waals surface area (Å²) in [5.74, 6) is 0.450. The summed E-state index contributed by atoms with van der Waals surface area (Å²) < 4.78 is 10.9. The lowest BCUT2D eigenvalue weighted by molar-refractivity contribution is 0.0700. The molecule has 0 radical (unpaired) electrons. The van der Waals surface area contributed by atoms with Gasteiger partial charge in [0.15, 0.2) is 11.5 Å². The van der Waals surface area contributed by atoms with Crippen LogP contribution in [0.2, 0.25) is 0 Å². The van der Waals surface area contributed by atoms with Crippen LogP contribution in [0.15, 0.2) is 24.3 Å². The van der Waals surface area contributed by atoms with Gasteiger partial charge in [0.05, 0.1) is 24.4 Å². The monoisotopic (exact) mass is 321 g/mol. The zero-order valence-electron chi connectivity index (χ0n) is 12.7. The summed E-state index contributed by atoms with van der Waals surface area (Å²) in [6.07, 6.45) is 2.14. The van der Waals surface area contributed by atoms with Crippen LogP contribution in [0.25, 0.3) is 0 Å². The Labute approximate surface area is 133 Å². The van der Waals surface area contributed by atoms with E-state index in [0.29, 0.717) is 41.5 Å². The number of rotatable bonds is 8. The number of aryl methyl sites for hydroxylation is 1. The fourth-order valence-corrected chi connectivity index (χ4v) is 3.00. The topological polar surface area (TPSA) is 68.7 Å². The third-order valence-corrected chi connectivity index (χ3v) is 4.21. The molecule has 0 spiro atoms. The number of hydrogen-bond donors (Lipinski definition) is 1. The summed E-state index contributed by atoms with van der Waals surface area (Å²) in [5.41, 5.74) is 0.673. The van der Waals surface area contributed by atoms with E-state index < -0.39 is 5.97 Å². The van der Waals surface area contributed by atoms with Crippen molar-refractivity contribution in [2.24, 2.45) is 0 Å². The largest absolute Gasteiger partial charge is 0.493 e. The van der Waals surface area contributed by atoms with Crippen molar-refractivity contribution in [2.45, 2.75) is 26.2 Å². The molecule has 0 atom stereocenters. The van der Waals surface area contributed by atoms with Gasteiger partial charge >= 0.3 is 5.97 Å². The third kappa shape index (κ3) is 3.98. The Morgan fingerprint density at radius 2 is 2.00 bits per heavy atom. The summed E-state index contributed by atoms with van der Waals surface area (Å²) in [7, 11) is 1.60. The van der Waals surface area contributed by atoms with Crippen LogP contribution in [0.5, 0.6) is 11.5 Å². The lowest BCUT2D eigenvalue weighted by Crippen LogP contribution is -2.02. The maximum Gasteiger partial charge on any atom is 0.347 e. The molecular weight excluding hydrogens is 302 g/mol. The molecule has 0 unspecified atom stereocenters. The molecule has 0 aliphatic heterocycles. The Kier molecular flexibility index (Phi) is 5.77. The number of aromatic carboxylic acids is 1. The number of benzene rings is 1. The molecule has 0 bridgehead atoms. The van der Waals surface area contributed by atoms with Crippen molar-refractivity contribution in [3.63, 3.8) is 0 Å². The summed E-state index contributed by atoms with van der Waals surface area (Å²) >= 11 is 1.23. The molecule has 1 aromatic heterocycles. The van der Waals surface area contributed by atoms with E-state index in [0.717, 1.165) is 11.4 Å². The van der Waals surface area contributed by atoms with Crippen LogP contribution in [0, 0.1) is 0 Å². The van der Waals surface area contributed by atoms with Crippen molar-refractivity contribution < 1.29 is 19.4 Å². The van der Waals surface area contributed by atoms with Crippen LogP contribution >= 0.6 is 11.3 Å². The highest BCUT2D eigenvalue weighted by atomic mass is 32.1. The molecule has 2 rings (SSSR count). The Bertz CT molecular complexity index is 639. The van der Waals surface area contributed by atoms with Crippen molar-refractivity contribution in [1.82, 2.24) is 4.98 Å². The first-order valence-electron chi connectivity index (χ1n) is 7.13. The first-order chi connectivity index (χ1) is 10.7. The van der Waals surface area contributed by atoms with Crippen molar-refractivity contribution in [3.8, 4) is 11.5 Å². The van der Waals surface area contributed by atoms with Crippen molar-refractivity contribution in [2.75, 3.05) is 13.7 Å². The smallest absolute Gasteiger partial charge is 0.347 e. The summed E-state index contributed by atoms with van der Waals surface area (Å²) in [6, 6.07) is 7.43. The van der Waals surface area contributed by atoms with E-state index in [2.05, 4.69) is 4.98 Å². The van der Waals surface area contributed by atoms with Gasteiger partial charge in [-0.3, -0.25) is 0 Å². The van der Waals surface area contributed by atoms with E-state index in [-0.39, 0.29) is 0 Å². The van der Waals surface area contributed by atoms with E-state index in [9.17, 15) is 9.90 Å². The minimum absolute atomic E-state index is 0.342. The first-order valence-corrected chi connectivity index (χ1v) is 7.95. The van der Waals surface area contributed by atoms with E-state index >= 15 is 0 Å². The lowest BCUT2D eigenvalue weighted by atomic mass is 10.2. The molecule has 0 fully saturated rings. The van der Waals surface area contributed by atoms with Gasteiger partial charge in [0.1, 0.15) is 4.88 Å². The number of ether oxygens (including phenoxy) is 2. The Hall–Kier alpha value is -2.08. The van der Waals surface area contributed by atoms with Crippen LogP contribution < -0.4 is 9.47 Å². The average molecular weight is 321 g/mol. The fraction of sp³-hybridized carbons (Fsp3) is 0.375. The minimum Gasteiger partial charge on any atom is -0.493 e. The van der Waals surface area contributed by atoms with E-state index in [4.69, 9.17) is 9.47 Å². The Morgan fingerprint density at radius 3 is 2.64 bits per heavy atom. The highest BCUT2D eigenvalue weighted by Gasteiger charge is 2.16. The molecule has 1 aromatic carbocycles. The summed E-state index contributed by atoms with van der Waals surface area (Å²) in [6.45, 7) is 2.44. The first kappa shape index (κ1) is 16.3. The molecule has 22 heavy (non-hydrogen) atoms. The van der Waals surface area contributed by atoms with Crippen molar-refractivity contribution in [1.29, 1.82) is 0 Å². The average Bonchev–Trinajstić information content (AvgIpc) is 2.91. The Balaban J connectivity index is 1.99. The standard InChI is InChI=1S/C16H19NO4S/c1-3-6-11-15(16(18)19)22-14(17-11)9-10-21-13-8-5-4-7-12(13)20-2/h4-5,7-8H,3,6,9-10H2,1-2H3,(H,18,19). The van der Waals surface area contributed by atoms with Crippen LogP contribution in [-0.2, 0) is 12.8 Å². The predicted octanol–water partition coefficient (Wildman–Crippen LogP) is 3.42. The van der Waals surface area contributed by atoms with E-state index in [1.807, 2.05) is 31.2 Å². The van der Waals surface area contributed by atoms with Gasteiger partial charge in [0.25, 0.3) is 0 Å². The molecule has 0 aliphatic rings. The molecular formula is C16H19NO4S. The second kappa shape index (κ2) is 7.79. The lowest BCUT2D eigenvalue weighted by Gasteiger charge is -2.09. The molecule has 6 heteroatoms. The van der Waals surface area contributed by atoms with Gasteiger partial charge in [0.2, 0.25) is 0 Å². The molecule has 5 nitrogen and oxygen atoms in total. The number of aromatic nitrogens is 1. The van der Waals surface area contributed by atoms with Crippen molar-refractivity contribution in [3.05, 3.63) is 39.8 Å². The van der Waals surface area contributed by atoms with Gasteiger partial charge in [-0.25, -0.2) is 9.78 Å². The van der Waals surface area contributed by atoms with Gasteiger partial charge < -0.3 is 14.6 Å². The number of carboxylic acid groups (broad SMARTS) is 1. The highest BCUT2D eigenvalue weighted by molar-refractivity contribution is 7.13. The second-order valence-electron chi connectivity index (χ2n) is 4.69. The van der Waals surface area contributed by atoms with E-state index in [1.165, 1.54) is 11.3 Å². The minimum atomic E-state index is -0.905. The normalized spacial score (nSPS) is 10.5. The summed E-state index contributed by atoms with van der Waals surface area (Å²) in [4.78, 5) is 16.0. The molecule has 1 N–H and O–H groups in total. The Morgan fingerprint density at radius 1 is 1.27 bits per heavy atom. The number of nitrogens with zero attached hydrogens (tertiary/aromatic N) is 1. The zero-order chi connectivity index (χ0) is 15.9. The zero-order valence-corrected chi connectivity index (χ0v) is 13.5. The molecule has 2 aromatic rings. The molecule has 0 saturated carbocycles. The van der Waals surface area contributed by atoms with Gasteiger partial charge in [0, 0.05) is 6.42 Å². The summed E-state index contributed by atoms with van der Waals surface area (Å²) in [5, 5.41) is 9.99. The van der Waals surface area contributed by atoms with Crippen LogP contribution in [-0.4, -0.2) is 29.8 Å². The van der Waals surface area contributed by atoms with Crippen LogP contribution in [0.1, 0.15) is 33.7 Å². The SMILES string of the molecule is CCCc1nc(CCOc2ccccc2OC)sc1C(=O)O. The molecule has 118 valence electrons. The molecule has 0 amide bonds. The fourth-order valence-electron chi connectivity index (χ4n) is 2.07. The van der Waals surface area contributed by atoms with Gasteiger partial charge in [-0.05, 0) is 18.6 Å². The maximum atomic E-state index is 11.2. The number of para-hydroxylation sites is 2. The van der Waals surface area contributed by atoms with Gasteiger partial charge in [-0.15, -0.1) is 11.3 Å². The number of carbonyl (C=O) groups is 1. The number of methoxy groups -OCH3 is 1. The van der Waals surface area contributed by atoms with Crippen LogP contribution in [0.3, 0.4) is 0 Å². The maximum absolute atomic E-state index is 11.2. The van der Waals surface area contributed by atoms with Gasteiger partial charge in [-0.1, -0.05) is 25.5 Å². The predicted molar refractivity (Wildman–Crippen MR) is 85.3 cm³/mol. The number of hydrogen-bond acceptors (Lipinski definition) is 5. The van der Waals surface area contributed by atoms with Crippen LogP contribution in [0.4, 0.5) is 0 Å². The number of carboxylic acids is 1. The molecule has 1 heterocycles. The van der Waals surface area contributed by atoms with Crippen molar-refractivity contribution >= 4 is 17.3 Å². The second-order valence-corrected chi connectivity index (χ2v) is 5.77. The van der Waals surface area contributed by atoms with E-state index in [1.54, 1.807) is 7.11 Å². The third-order valence-electron chi connectivity index (χ3n) is 3.07. The molecule has 0 saturated heterocycles. The number of thiazole rings is 1. The molecule has 0 aliphatic carbocycles.